The van der Waals surface area contributed by atoms with Crippen LogP contribution in [0.4, 0.5) is 0 Å². The number of ether oxygens (including phenoxy) is 4. The normalized spacial score (nSPS) is 10.9. The minimum atomic E-state index is 0.326. The third-order valence-corrected chi connectivity index (χ3v) is 10.5. The molecule has 6 heteroatoms. The van der Waals surface area contributed by atoms with Crippen molar-refractivity contribution in [2.45, 2.75) is 13.2 Å². The third-order valence-electron chi connectivity index (χ3n) is 3.08. The van der Waals surface area contributed by atoms with Crippen molar-refractivity contribution in [1.82, 2.24) is 0 Å². The summed E-state index contributed by atoms with van der Waals surface area (Å²) in [6.45, 7) is 1.85. The Bertz CT molecular complexity index is 554. The molecule has 0 atom stereocenters. The van der Waals surface area contributed by atoms with Crippen molar-refractivity contribution < 1.29 is 18.9 Å². The molecule has 0 radical (unpaired) electrons. The van der Waals surface area contributed by atoms with Crippen LogP contribution in [0, 0.1) is 0 Å². The molecule has 0 fully saturated rings. The number of rotatable bonds is 11. The van der Waals surface area contributed by atoms with Crippen molar-refractivity contribution in [1.29, 1.82) is 0 Å². The molecule has 0 aliphatic heterocycles. The van der Waals surface area contributed by atoms with Crippen molar-refractivity contribution in [3.63, 3.8) is 0 Å². The van der Waals surface area contributed by atoms with E-state index >= 15 is 0 Å². The molecule has 130 valence electrons. The Labute approximate surface area is 154 Å². The van der Waals surface area contributed by atoms with Gasteiger partial charge in [0.2, 0.25) is 0 Å². The van der Waals surface area contributed by atoms with Crippen LogP contribution in [0.15, 0.2) is 48.5 Å². The van der Waals surface area contributed by atoms with Crippen LogP contribution in [0.1, 0.15) is 11.1 Å². The molecule has 0 N–H and O–H groups in total. The van der Waals surface area contributed by atoms with Crippen LogP contribution in [0.5, 0.6) is 0 Å². The first-order valence-corrected chi connectivity index (χ1v) is 13.5. The van der Waals surface area contributed by atoms with E-state index in [2.05, 4.69) is 48.5 Å². The van der Waals surface area contributed by atoms with Crippen LogP contribution in [0.3, 0.4) is 0 Å². The average molecular weight is 460 g/mol. The van der Waals surface area contributed by atoms with Gasteiger partial charge in [-0.25, -0.2) is 0 Å². The van der Waals surface area contributed by atoms with E-state index in [1.807, 2.05) is 0 Å². The summed E-state index contributed by atoms with van der Waals surface area (Å²) in [6, 6.07) is 17.0. The van der Waals surface area contributed by atoms with Gasteiger partial charge in [0.1, 0.15) is 0 Å². The van der Waals surface area contributed by atoms with E-state index in [0.29, 0.717) is 53.1 Å². The number of hydrogen-bond donors (Lipinski definition) is 0. The molecule has 0 aliphatic carbocycles. The molecule has 2 aromatic rings. The van der Waals surface area contributed by atoms with Gasteiger partial charge in [0.25, 0.3) is 0 Å². The SMILES string of the molecule is COCOCc1ccccc1[Se][Se]c1ccccc1COCOC. The van der Waals surface area contributed by atoms with Gasteiger partial charge in [0, 0.05) is 0 Å². The van der Waals surface area contributed by atoms with Crippen LogP contribution in [-0.2, 0) is 32.2 Å². The van der Waals surface area contributed by atoms with Crippen LogP contribution in [0.2, 0.25) is 0 Å². The quantitative estimate of drug-likeness (QED) is 0.287. The molecule has 2 aromatic carbocycles. The zero-order chi connectivity index (χ0) is 17.0. The molecule has 0 aromatic heterocycles. The minimum absolute atomic E-state index is 0.326. The summed E-state index contributed by atoms with van der Waals surface area (Å²) in [5.74, 6) is 0. The Kier molecular flexibility index (Phi) is 9.66. The molecule has 0 bridgehead atoms. The van der Waals surface area contributed by atoms with Gasteiger partial charge in [0.05, 0.1) is 0 Å². The molecule has 0 amide bonds. The van der Waals surface area contributed by atoms with E-state index in [1.165, 1.54) is 20.1 Å². The Morgan fingerprint density at radius 2 is 1.08 bits per heavy atom. The average Bonchev–Trinajstić information content (AvgIpc) is 2.62. The van der Waals surface area contributed by atoms with Gasteiger partial charge in [-0.05, 0) is 0 Å². The summed E-state index contributed by atoms with van der Waals surface area (Å²) < 4.78 is 23.7. The molecule has 0 saturated heterocycles. The maximum atomic E-state index is 5.51. The Morgan fingerprint density at radius 1 is 0.667 bits per heavy atom. The van der Waals surface area contributed by atoms with Gasteiger partial charge < -0.3 is 0 Å². The summed E-state index contributed by atoms with van der Waals surface area (Å²) >= 11 is 0.800. The van der Waals surface area contributed by atoms with E-state index in [9.17, 15) is 0 Å². The maximum absolute atomic E-state index is 5.51. The van der Waals surface area contributed by atoms with Gasteiger partial charge in [-0.1, -0.05) is 0 Å². The standard InChI is InChI=1S/C18H22O4Se2/c1-19-13-21-11-15-7-3-5-9-17(15)23-24-18-10-6-4-8-16(18)12-22-14-20-2/h3-10H,11-14H2,1-2H3. The molecular weight excluding hydrogens is 438 g/mol. The first kappa shape index (κ1) is 19.6. The van der Waals surface area contributed by atoms with Crippen molar-refractivity contribution >= 4 is 35.2 Å². The third kappa shape index (κ3) is 6.67. The van der Waals surface area contributed by atoms with E-state index in [4.69, 9.17) is 18.9 Å². The van der Waals surface area contributed by atoms with Gasteiger partial charge >= 0.3 is 155 Å². The van der Waals surface area contributed by atoms with E-state index < -0.39 is 0 Å². The van der Waals surface area contributed by atoms with Crippen LogP contribution < -0.4 is 8.92 Å². The Hall–Kier alpha value is -0.681. The summed E-state index contributed by atoms with van der Waals surface area (Å²) in [7, 11) is 3.28. The second-order valence-corrected chi connectivity index (χ2v) is 11.1. The van der Waals surface area contributed by atoms with Crippen molar-refractivity contribution in [2.24, 2.45) is 0 Å². The summed E-state index contributed by atoms with van der Waals surface area (Å²) in [6.07, 6.45) is 0. The molecule has 0 aliphatic rings. The second-order valence-electron chi connectivity index (χ2n) is 4.89. The molecular formula is C18H22O4Se2. The Morgan fingerprint density at radius 3 is 1.50 bits per heavy atom. The molecule has 0 saturated carbocycles. The molecule has 0 unspecified atom stereocenters. The molecule has 2 rings (SSSR count). The molecule has 0 spiro atoms. The van der Waals surface area contributed by atoms with Crippen LogP contribution in [0.25, 0.3) is 0 Å². The molecule has 24 heavy (non-hydrogen) atoms. The fourth-order valence-electron chi connectivity index (χ4n) is 1.97. The van der Waals surface area contributed by atoms with Gasteiger partial charge in [-0.15, -0.1) is 0 Å². The van der Waals surface area contributed by atoms with Crippen molar-refractivity contribution in [2.75, 3.05) is 27.8 Å². The summed E-state index contributed by atoms with van der Waals surface area (Å²) in [5.41, 5.74) is 2.51. The van der Waals surface area contributed by atoms with Gasteiger partial charge in [0.15, 0.2) is 0 Å². The first-order chi connectivity index (χ1) is 11.8. The van der Waals surface area contributed by atoms with Gasteiger partial charge in [-0.3, -0.25) is 0 Å². The summed E-state index contributed by atoms with van der Waals surface area (Å²) in [5, 5.41) is 0. The zero-order valence-electron chi connectivity index (χ0n) is 13.9. The van der Waals surface area contributed by atoms with E-state index in [-0.39, 0.29) is 0 Å². The van der Waals surface area contributed by atoms with Crippen molar-refractivity contribution in [3.8, 4) is 0 Å². The van der Waals surface area contributed by atoms with Crippen LogP contribution >= 0.6 is 0 Å². The number of hydrogen-bond acceptors (Lipinski definition) is 4. The van der Waals surface area contributed by atoms with Gasteiger partial charge in [-0.2, -0.15) is 0 Å². The van der Waals surface area contributed by atoms with Crippen LogP contribution in [-0.4, -0.2) is 54.1 Å². The van der Waals surface area contributed by atoms with Crippen molar-refractivity contribution in [3.05, 3.63) is 59.7 Å². The summed E-state index contributed by atoms with van der Waals surface area (Å²) in [4.78, 5) is 0. The fourth-order valence-corrected chi connectivity index (χ4v) is 9.39. The second kappa shape index (κ2) is 11.8. The van der Waals surface area contributed by atoms with E-state index in [1.54, 1.807) is 14.2 Å². The predicted octanol–water partition coefficient (Wildman–Crippen LogP) is 1.20. The van der Waals surface area contributed by atoms with E-state index in [0.717, 1.165) is 0 Å². The predicted molar refractivity (Wildman–Crippen MR) is 97.0 cm³/mol. The zero-order valence-corrected chi connectivity index (χ0v) is 17.3. The number of methoxy groups -OCH3 is 2. The topological polar surface area (TPSA) is 36.9 Å². The fraction of sp³-hybridized carbons (Fsp3) is 0.333. The molecule has 4 nitrogen and oxygen atoms in total. The Balaban J connectivity index is 1.98. The number of benzene rings is 2. The monoisotopic (exact) mass is 462 g/mol. The molecule has 0 heterocycles. The first-order valence-electron chi connectivity index (χ1n) is 7.49.